The molecule has 0 aliphatic carbocycles. The van der Waals surface area contributed by atoms with Gasteiger partial charge in [0.1, 0.15) is 0 Å². The van der Waals surface area contributed by atoms with Gasteiger partial charge in [-0.15, -0.1) is 11.3 Å². The first-order chi connectivity index (χ1) is 7.56. The Hall–Kier alpha value is -1.62. The van der Waals surface area contributed by atoms with Crippen LogP contribution in [-0.2, 0) is 0 Å². The zero-order valence-corrected chi connectivity index (χ0v) is 10.4. The number of nitrogens with zero attached hydrogens (tertiary/aromatic N) is 2. The van der Waals surface area contributed by atoms with Gasteiger partial charge in [-0.05, 0) is 32.4 Å². The maximum atomic E-state index is 5.87. The van der Waals surface area contributed by atoms with Crippen molar-refractivity contribution >= 4 is 28.0 Å². The zero-order chi connectivity index (χ0) is 11.7. The molecule has 0 aliphatic heterocycles. The lowest BCUT2D eigenvalue weighted by atomic mass is 10.3. The van der Waals surface area contributed by atoms with Crippen LogP contribution >= 0.6 is 11.3 Å². The number of thiazole rings is 1. The number of rotatable bonds is 2. The molecule has 2 rings (SSSR count). The second-order valence-electron chi connectivity index (χ2n) is 3.74. The number of nitrogens with one attached hydrogen (secondary N) is 1. The Morgan fingerprint density at radius 1 is 1.31 bits per heavy atom. The minimum Gasteiger partial charge on any atom is -0.396 e. The normalized spacial score (nSPS) is 10.4. The van der Waals surface area contributed by atoms with E-state index in [1.807, 2.05) is 26.8 Å². The van der Waals surface area contributed by atoms with E-state index < -0.39 is 0 Å². The summed E-state index contributed by atoms with van der Waals surface area (Å²) in [5.41, 5.74) is 8.60. The van der Waals surface area contributed by atoms with Crippen molar-refractivity contribution in [2.75, 3.05) is 11.1 Å². The second kappa shape index (κ2) is 4.09. The molecule has 2 heterocycles. The van der Waals surface area contributed by atoms with E-state index >= 15 is 0 Å². The van der Waals surface area contributed by atoms with Crippen molar-refractivity contribution in [3.05, 3.63) is 28.4 Å². The highest BCUT2D eigenvalue weighted by atomic mass is 32.1. The van der Waals surface area contributed by atoms with Crippen molar-refractivity contribution in [2.45, 2.75) is 20.8 Å². The van der Waals surface area contributed by atoms with Crippen LogP contribution in [0.4, 0.5) is 16.6 Å². The van der Waals surface area contributed by atoms with Crippen LogP contribution in [0.15, 0.2) is 12.3 Å². The summed E-state index contributed by atoms with van der Waals surface area (Å²) in [5.74, 6) is 0.666. The fourth-order valence-corrected chi connectivity index (χ4v) is 2.14. The van der Waals surface area contributed by atoms with E-state index in [1.165, 1.54) is 4.88 Å². The van der Waals surface area contributed by atoms with Crippen LogP contribution in [0.2, 0.25) is 0 Å². The van der Waals surface area contributed by atoms with Crippen molar-refractivity contribution in [3.63, 3.8) is 0 Å². The summed E-state index contributed by atoms with van der Waals surface area (Å²) < 4.78 is 0. The molecule has 2 aromatic rings. The lowest BCUT2D eigenvalue weighted by Gasteiger charge is -2.05. The molecule has 0 saturated heterocycles. The third-order valence-corrected chi connectivity index (χ3v) is 3.30. The minimum absolute atomic E-state index is 0.644. The summed E-state index contributed by atoms with van der Waals surface area (Å²) in [6.07, 6.45) is 1.78. The fraction of sp³-hybridized carbons (Fsp3) is 0.273. The summed E-state index contributed by atoms with van der Waals surface area (Å²) in [6.45, 7) is 6.00. The first-order valence-electron chi connectivity index (χ1n) is 4.99. The molecule has 0 fully saturated rings. The molecule has 0 unspecified atom stereocenters. The Labute approximate surface area is 98.6 Å². The second-order valence-corrected chi connectivity index (χ2v) is 4.94. The van der Waals surface area contributed by atoms with Crippen LogP contribution in [0, 0.1) is 20.8 Å². The van der Waals surface area contributed by atoms with Crippen LogP contribution in [0.1, 0.15) is 16.1 Å². The average molecular weight is 234 g/mol. The molecule has 0 spiro atoms. The molecule has 0 radical (unpaired) electrons. The van der Waals surface area contributed by atoms with Crippen LogP contribution < -0.4 is 11.1 Å². The summed E-state index contributed by atoms with van der Waals surface area (Å²) in [7, 11) is 0. The van der Waals surface area contributed by atoms with E-state index in [0.717, 1.165) is 16.4 Å². The summed E-state index contributed by atoms with van der Waals surface area (Å²) in [4.78, 5) is 9.83. The van der Waals surface area contributed by atoms with Crippen LogP contribution in [-0.4, -0.2) is 9.97 Å². The van der Waals surface area contributed by atoms with Gasteiger partial charge in [0.15, 0.2) is 10.9 Å². The van der Waals surface area contributed by atoms with Gasteiger partial charge < -0.3 is 11.1 Å². The van der Waals surface area contributed by atoms with Gasteiger partial charge in [0, 0.05) is 11.1 Å². The first-order valence-corrected chi connectivity index (χ1v) is 5.81. The highest BCUT2D eigenvalue weighted by Gasteiger charge is 2.06. The smallest absolute Gasteiger partial charge is 0.188 e. The number of hydrogen-bond donors (Lipinski definition) is 2. The first kappa shape index (κ1) is 10.9. The summed E-state index contributed by atoms with van der Waals surface area (Å²) >= 11 is 1.60. The van der Waals surface area contributed by atoms with E-state index in [4.69, 9.17) is 5.73 Å². The number of nitrogens with two attached hydrogens (primary N) is 1. The van der Waals surface area contributed by atoms with E-state index in [-0.39, 0.29) is 0 Å². The van der Waals surface area contributed by atoms with Crippen molar-refractivity contribution in [2.24, 2.45) is 0 Å². The molecule has 0 saturated carbocycles. The monoisotopic (exact) mass is 234 g/mol. The standard InChI is InChI=1S/C11H14N4S/c1-6-4-9(12)10(13-5-6)15-11-14-7(2)8(3)16-11/h4-5H,12H2,1-3H3,(H,13,14,15). The van der Waals surface area contributed by atoms with E-state index in [0.29, 0.717) is 11.5 Å². The Kier molecular flexibility index (Phi) is 2.78. The van der Waals surface area contributed by atoms with Crippen molar-refractivity contribution in [3.8, 4) is 0 Å². The van der Waals surface area contributed by atoms with Gasteiger partial charge in [0.05, 0.1) is 11.4 Å². The van der Waals surface area contributed by atoms with E-state index in [2.05, 4.69) is 15.3 Å². The molecule has 0 bridgehead atoms. The van der Waals surface area contributed by atoms with Crippen molar-refractivity contribution < 1.29 is 0 Å². The number of pyridine rings is 1. The lowest BCUT2D eigenvalue weighted by Crippen LogP contribution is -1.99. The SMILES string of the molecule is Cc1cnc(Nc2nc(C)c(C)s2)c(N)c1. The van der Waals surface area contributed by atoms with Crippen LogP contribution in [0.25, 0.3) is 0 Å². The number of nitrogen functional groups attached to an aromatic ring is 1. The predicted molar refractivity (Wildman–Crippen MR) is 68.3 cm³/mol. The Morgan fingerprint density at radius 3 is 2.62 bits per heavy atom. The molecular formula is C11H14N4S. The van der Waals surface area contributed by atoms with Crippen molar-refractivity contribution in [1.82, 2.24) is 9.97 Å². The van der Waals surface area contributed by atoms with Gasteiger partial charge in [-0.3, -0.25) is 0 Å². The van der Waals surface area contributed by atoms with Crippen LogP contribution in [0.5, 0.6) is 0 Å². The maximum Gasteiger partial charge on any atom is 0.188 e. The predicted octanol–water partition coefficient (Wildman–Crippen LogP) is 2.79. The molecule has 3 N–H and O–H groups in total. The molecule has 84 valence electrons. The Bertz CT molecular complexity index is 499. The number of anilines is 3. The third kappa shape index (κ3) is 2.14. The number of aromatic nitrogens is 2. The molecule has 0 atom stereocenters. The molecule has 16 heavy (non-hydrogen) atoms. The van der Waals surface area contributed by atoms with Gasteiger partial charge in [0.2, 0.25) is 0 Å². The van der Waals surface area contributed by atoms with Gasteiger partial charge in [0.25, 0.3) is 0 Å². The molecule has 2 aromatic heterocycles. The number of hydrogen-bond acceptors (Lipinski definition) is 5. The van der Waals surface area contributed by atoms with Crippen LogP contribution in [0.3, 0.4) is 0 Å². The molecule has 0 aromatic carbocycles. The number of aryl methyl sites for hydroxylation is 3. The highest BCUT2D eigenvalue weighted by molar-refractivity contribution is 7.15. The maximum absolute atomic E-state index is 5.87. The lowest BCUT2D eigenvalue weighted by molar-refractivity contribution is 1.21. The Morgan fingerprint density at radius 2 is 2.06 bits per heavy atom. The minimum atomic E-state index is 0.644. The van der Waals surface area contributed by atoms with E-state index in [9.17, 15) is 0 Å². The largest absolute Gasteiger partial charge is 0.396 e. The highest BCUT2D eigenvalue weighted by Crippen LogP contribution is 2.26. The van der Waals surface area contributed by atoms with Gasteiger partial charge in [-0.2, -0.15) is 0 Å². The third-order valence-electron chi connectivity index (χ3n) is 2.31. The molecule has 4 nitrogen and oxygen atoms in total. The van der Waals surface area contributed by atoms with Gasteiger partial charge >= 0.3 is 0 Å². The van der Waals surface area contributed by atoms with Gasteiger partial charge in [-0.25, -0.2) is 9.97 Å². The van der Waals surface area contributed by atoms with Crippen molar-refractivity contribution in [1.29, 1.82) is 0 Å². The zero-order valence-electron chi connectivity index (χ0n) is 9.53. The molecular weight excluding hydrogens is 220 g/mol. The molecule has 0 amide bonds. The summed E-state index contributed by atoms with van der Waals surface area (Å²) in [6, 6.07) is 1.89. The molecule has 5 heteroatoms. The summed E-state index contributed by atoms with van der Waals surface area (Å²) in [5, 5.41) is 3.96. The quantitative estimate of drug-likeness (QED) is 0.838. The fourth-order valence-electron chi connectivity index (χ4n) is 1.32. The van der Waals surface area contributed by atoms with E-state index in [1.54, 1.807) is 17.5 Å². The molecule has 0 aliphatic rings. The van der Waals surface area contributed by atoms with Gasteiger partial charge in [-0.1, -0.05) is 0 Å². The topological polar surface area (TPSA) is 63.8 Å². The Balaban J connectivity index is 2.27. The average Bonchev–Trinajstić information content (AvgIpc) is 2.51.